The van der Waals surface area contributed by atoms with Crippen molar-refractivity contribution in [3.63, 3.8) is 0 Å². The van der Waals surface area contributed by atoms with Crippen LogP contribution in [0.25, 0.3) is 10.9 Å². The zero-order valence-electron chi connectivity index (χ0n) is 15.2. The maximum Gasteiger partial charge on any atom is 0.231 e. The van der Waals surface area contributed by atoms with Crippen molar-refractivity contribution in [2.24, 2.45) is 0 Å². The molecule has 0 aliphatic carbocycles. The van der Waals surface area contributed by atoms with Crippen molar-refractivity contribution in [3.8, 4) is 11.5 Å². The van der Waals surface area contributed by atoms with E-state index in [-0.39, 0.29) is 0 Å². The Hall–Kier alpha value is -3.12. The monoisotopic (exact) mass is 389 g/mol. The van der Waals surface area contributed by atoms with Gasteiger partial charge in [-0.2, -0.15) is 0 Å². The number of ether oxygens (including phenoxy) is 2. The molecular weight excluding hydrogens is 370 g/mol. The fourth-order valence-corrected chi connectivity index (χ4v) is 4.11. The van der Waals surface area contributed by atoms with E-state index in [4.69, 9.17) is 9.47 Å². The molecule has 28 heavy (non-hydrogen) atoms. The first-order valence-electron chi connectivity index (χ1n) is 9.23. The summed E-state index contributed by atoms with van der Waals surface area (Å²) in [6.07, 6.45) is 3.42. The molecule has 0 unspecified atom stereocenters. The summed E-state index contributed by atoms with van der Waals surface area (Å²) in [5.74, 6) is 2.51. The topological polar surface area (TPSA) is 56.3 Å². The summed E-state index contributed by atoms with van der Waals surface area (Å²) >= 11 is 1.78. The second kappa shape index (κ2) is 7.48. The number of aromatic nitrogens is 2. The molecule has 0 saturated heterocycles. The Bertz CT molecular complexity index is 1110. The first kappa shape index (κ1) is 17.0. The summed E-state index contributed by atoms with van der Waals surface area (Å²) in [5, 5.41) is 6.63. The summed E-state index contributed by atoms with van der Waals surface area (Å²) in [7, 11) is 0. The zero-order chi connectivity index (χ0) is 18.8. The lowest BCUT2D eigenvalue weighted by Gasteiger charge is -2.10. The molecule has 4 aromatic rings. The third-order valence-electron chi connectivity index (χ3n) is 4.79. The molecule has 1 aliphatic heterocycles. The molecule has 0 fully saturated rings. The number of anilines is 1. The van der Waals surface area contributed by atoms with Crippen molar-refractivity contribution in [2.75, 3.05) is 18.7 Å². The lowest BCUT2D eigenvalue weighted by Crippen LogP contribution is -2.06. The smallest absolute Gasteiger partial charge is 0.231 e. The van der Waals surface area contributed by atoms with Crippen molar-refractivity contribution in [2.45, 2.75) is 12.8 Å². The highest BCUT2D eigenvalue weighted by Crippen LogP contribution is 2.33. The van der Waals surface area contributed by atoms with Gasteiger partial charge in [-0.25, -0.2) is 9.97 Å². The van der Waals surface area contributed by atoms with Gasteiger partial charge in [0.2, 0.25) is 6.79 Å². The second-order valence-electron chi connectivity index (χ2n) is 6.69. The third-order valence-corrected chi connectivity index (χ3v) is 5.73. The fraction of sp³-hybridized carbons (Fsp3) is 0.182. The highest BCUT2D eigenvalue weighted by molar-refractivity contribution is 7.09. The van der Waals surface area contributed by atoms with E-state index in [9.17, 15) is 0 Å². The molecule has 6 heteroatoms. The van der Waals surface area contributed by atoms with Gasteiger partial charge in [0.15, 0.2) is 11.5 Å². The van der Waals surface area contributed by atoms with E-state index in [1.165, 1.54) is 16.0 Å². The van der Waals surface area contributed by atoms with Crippen molar-refractivity contribution < 1.29 is 9.47 Å². The standard InChI is InChI=1S/C22H19N3O2S/c1-2-17(28-9-1)7-8-23-22-18-11-15(3-5-19(18)24-13-25-22)10-16-4-6-20-21(12-16)27-14-26-20/h1-6,9,11-13H,7-8,10,14H2,(H,23,24,25). The highest BCUT2D eigenvalue weighted by Gasteiger charge is 2.13. The Morgan fingerprint density at radius 3 is 2.79 bits per heavy atom. The first-order chi connectivity index (χ1) is 13.8. The lowest BCUT2D eigenvalue weighted by molar-refractivity contribution is 0.174. The van der Waals surface area contributed by atoms with Crippen LogP contribution < -0.4 is 14.8 Å². The minimum Gasteiger partial charge on any atom is -0.454 e. The number of hydrogen-bond acceptors (Lipinski definition) is 6. The SMILES string of the molecule is c1csc(CCNc2ncnc3ccc(Cc4ccc5c(c4)OCO5)cc23)c1. The molecule has 0 spiro atoms. The van der Waals surface area contributed by atoms with E-state index in [0.29, 0.717) is 6.79 Å². The van der Waals surface area contributed by atoms with Crippen LogP contribution >= 0.6 is 11.3 Å². The second-order valence-corrected chi connectivity index (χ2v) is 7.73. The van der Waals surface area contributed by atoms with E-state index in [1.54, 1.807) is 17.7 Å². The van der Waals surface area contributed by atoms with Gasteiger partial charge in [0.25, 0.3) is 0 Å². The minimum absolute atomic E-state index is 0.298. The number of rotatable bonds is 6. The maximum absolute atomic E-state index is 5.49. The van der Waals surface area contributed by atoms with Crippen molar-refractivity contribution in [1.82, 2.24) is 9.97 Å². The van der Waals surface area contributed by atoms with E-state index in [0.717, 1.165) is 47.6 Å². The van der Waals surface area contributed by atoms with Crippen LogP contribution in [0.3, 0.4) is 0 Å². The first-order valence-corrected chi connectivity index (χ1v) is 10.1. The molecule has 0 saturated carbocycles. The molecular formula is C22H19N3O2S. The lowest BCUT2D eigenvalue weighted by atomic mass is 10.0. The van der Waals surface area contributed by atoms with Crippen LogP contribution in [-0.2, 0) is 12.8 Å². The predicted octanol–water partition coefficient (Wildman–Crippen LogP) is 4.67. The predicted molar refractivity (Wildman–Crippen MR) is 111 cm³/mol. The maximum atomic E-state index is 5.49. The van der Waals surface area contributed by atoms with Crippen molar-refractivity contribution in [3.05, 3.63) is 76.2 Å². The van der Waals surface area contributed by atoms with Crippen LogP contribution in [0.2, 0.25) is 0 Å². The minimum atomic E-state index is 0.298. The molecule has 5 nitrogen and oxygen atoms in total. The quantitative estimate of drug-likeness (QED) is 0.520. The van der Waals surface area contributed by atoms with Gasteiger partial charge < -0.3 is 14.8 Å². The Labute approximate surface area is 167 Å². The van der Waals surface area contributed by atoms with Gasteiger partial charge in [0.05, 0.1) is 5.52 Å². The molecule has 0 bridgehead atoms. The Morgan fingerprint density at radius 1 is 0.964 bits per heavy atom. The van der Waals surface area contributed by atoms with Gasteiger partial charge in [-0.15, -0.1) is 11.3 Å². The van der Waals surface area contributed by atoms with Crippen LogP contribution in [0.15, 0.2) is 60.2 Å². The number of thiophene rings is 1. The van der Waals surface area contributed by atoms with Gasteiger partial charge >= 0.3 is 0 Å². The molecule has 140 valence electrons. The third kappa shape index (κ3) is 3.51. The van der Waals surface area contributed by atoms with E-state index in [1.807, 2.05) is 12.1 Å². The Balaban J connectivity index is 1.36. The van der Waals surface area contributed by atoms with Crippen LogP contribution in [0.5, 0.6) is 11.5 Å². The number of nitrogens with one attached hydrogen (secondary N) is 1. The molecule has 2 aromatic carbocycles. The van der Waals surface area contributed by atoms with Gasteiger partial charge in [-0.05, 0) is 59.7 Å². The van der Waals surface area contributed by atoms with Crippen molar-refractivity contribution >= 4 is 28.1 Å². The molecule has 3 heterocycles. The van der Waals surface area contributed by atoms with Crippen molar-refractivity contribution in [1.29, 1.82) is 0 Å². The van der Waals surface area contributed by atoms with Gasteiger partial charge in [-0.1, -0.05) is 18.2 Å². The Kier molecular flexibility index (Phi) is 4.54. The fourth-order valence-electron chi connectivity index (χ4n) is 3.40. The average Bonchev–Trinajstić information content (AvgIpc) is 3.40. The highest BCUT2D eigenvalue weighted by atomic mass is 32.1. The zero-order valence-corrected chi connectivity index (χ0v) is 16.0. The molecule has 1 N–H and O–H groups in total. The largest absolute Gasteiger partial charge is 0.454 e. The summed E-state index contributed by atoms with van der Waals surface area (Å²) in [6.45, 7) is 1.14. The molecule has 0 amide bonds. The molecule has 0 radical (unpaired) electrons. The number of benzene rings is 2. The Morgan fingerprint density at radius 2 is 1.86 bits per heavy atom. The van der Waals surface area contributed by atoms with Crippen LogP contribution in [0.1, 0.15) is 16.0 Å². The molecule has 5 rings (SSSR count). The van der Waals surface area contributed by atoms with Gasteiger partial charge in [-0.3, -0.25) is 0 Å². The van der Waals surface area contributed by atoms with Crippen LogP contribution in [0, 0.1) is 0 Å². The summed E-state index contributed by atoms with van der Waals surface area (Å²) < 4.78 is 10.9. The average molecular weight is 389 g/mol. The molecule has 1 aliphatic rings. The van der Waals surface area contributed by atoms with Gasteiger partial charge in [0.1, 0.15) is 12.1 Å². The van der Waals surface area contributed by atoms with Crippen LogP contribution in [-0.4, -0.2) is 23.3 Å². The van der Waals surface area contributed by atoms with Crippen LogP contribution in [0.4, 0.5) is 5.82 Å². The number of nitrogens with zero attached hydrogens (tertiary/aromatic N) is 2. The van der Waals surface area contributed by atoms with E-state index >= 15 is 0 Å². The summed E-state index contributed by atoms with van der Waals surface area (Å²) in [6, 6.07) is 16.7. The normalized spacial score (nSPS) is 12.4. The molecule has 2 aromatic heterocycles. The molecule has 0 atom stereocenters. The summed E-state index contributed by atoms with van der Waals surface area (Å²) in [4.78, 5) is 10.2. The van der Waals surface area contributed by atoms with E-state index < -0.39 is 0 Å². The number of fused-ring (bicyclic) bond motifs is 2. The number of hydrogen-bond donors (Lipinski definition) is 1. The van der Waals surface area contributed by atoms with Gasteiger partial charge in [0, 0.05) is 16.8 Å². The summed E-state index contributed by atoms with van der Waals surface area (Å²) in [5.41, 5.74) is 3.35. The van der Waals surface area contributed by atoms with E-state index in [2.05, 4.69) is 57.1 Å².